The minimum atomic E-state index is -0.300. The normalized spacial score (nSPS) is 11.3. The lowest BCUT2D eigenvalue weighted by atomic mass is 10.1. The van der Waals surface area contributed by atoms with Gasteiger partial charge < -0.3 is 5.73 Å². The first-order chi connectivity index (χ1) is 9.93. The molecule has 4 nitrogen and oxygen atoms in total. The summed E-state index contributed by atoms with van der Waals surface area (Å²) in [6.45, 7) is 7.14. The average molecular weight is 291 g/mol. The zero-order valence-corrected chi connectivity index (χ0v) is 12.8. The van der Waals surface area contributed by atoms with E-state index in [4.69, 9.17) is 5.73 Å². The van der Waals surface area contributed by atoms with E-state index in [-0.39, 0.29) is 11.4 Å². The molecule has 2 N–H and O–H groups in total. The van der Waals surface area contributed by atoms with Crippen LogP contribution < -0.4 is 11.3 Å². The average Bonchev–Trinajstić information content (AvgIpc) is 2.63. The van der Waals surface area contributed by atoms with Crippen LogP contribution in [0.2, 0.25) is 0 Å². The van der Waals surface area contributed by atoms with E-state index in [1.807, 2.05) is 11.6 Å². The van der Waals surface area contributed by atoms with Crippen molar-refractivity contribution in [2.45, 2.75) is 40.3 Å². The molecule has 2 rings (SSSR count). The molecule has 0 aliphatic carbocycles. The first kappa shape index (κ1) is 15.4. The smallest absolute Gasteiger partial charge is 0.290 e. The molecule has 0 atom stereocenters. The van der Waals surface area contributed by atoms with E-state index in [0.29, 0.717) is 24.7 Å². The lowest BCUT2D eigenvalue weighted by molar-refractivity contribution is 0.459. The molecular weight excluding hydrogens is 269 g/mol. The summed E-state index contributed by atoms with van der Waals surface area (Å²) in [5.41, 5.74) is 7.71. The maximum atomic E-state index is 13.3. The number of hydrogen-bond donors (Lipinski definition) is 1. The van der Waals surface area contributed by atoms with Gasteiger partial charge in [0.1, 0.15) is 11.5 Å². The van der Waals surface area contributed by atoms with E-state index in [1.165, 1.54) is 12.1 Å². The Labute approximate surface area is 124 Å². The fourth-order valence-electron chi connectivity index (χ4n) is 2.59. The first-order valence-electron chi connectivity index (χ1n) is 7.26. The molecule has 2 aromatic rings. The Bertz CT molecular complexity index is 685. The first-order valence-corrected chi connectivity index (χ1v) is 7.26. The van der Waals surface area contributed by atoms with Crippen LogP contribution in [0.5, 0.6) is 0 Å². The van der Waals surface area contributed by atoms with Gasteiger partial charge in [0.05, 0.1) is 12.2 Å². The van der Waals surface area contributed by atoms with E-state index < -0.39 is 0 Å². The van der Waals surface area contributed by atoms with Gasteiger partial charge in [-0.25, -0.2) is 9.07 Å². The third-order valence-corrected chi connectivity index (χ3v) is 3.50. The molecule has 0 bridgehead atoms. The largest absolute Gasteiger partial charge is 0.393 e. The summed E-state index contributed by atoms with van der Waals surface area (Å²) in [4.78, 5) is 12.4. The summed E-state index contributed by atoms with van der Waals surface area (Å²) >= 11 is 0. The number of nitrogens with two attached hydrogens (primary N) is 1. The van der Waals surface area contributed by atoms with Crippen molar-refractivity contribution >= 4 is 5.69 Å². The zero-order valence-electron chi connectivity index (χ0n) is 12.8. The number of rotatable bonds is 5. The van der Waals surface area contributed by atoms with Gasteiger partial charge in [-0.05, 0) is 37.0 Å². The van der Waals surface area contributed by atoms with Crippen LogP contribution in [-0.4, -0.2) is 9.36 Å². The predicted octanol–water partition coefficient (Wildman–Crippen LogP) is 2.64. The van der Waals surface area contributed by atoms with Crippen molar-refractivity contribution in [1.29, 1.82) is 0 Å². The van der Waals surface area contributed by atoms with Gasteiger partial charge in [-0.3, -0.25) is 9.48 Å². The number of aromatic nitrogens is 2. The van der Waals surface area contributed by atoms with Gasteiger partial charge in [0.25, 0.3) is 5.56 Å². The molecule has 0 amide bonds. The molecule has 0 saturated carbocycles. The SMILES string of the molecule is CCn1c(CC(C)C)c(N)c(=O)n1Cc1cccc(F)c1. The van der Waals surface area contributed by atoms with Gasteiger partial charge >= 0.3 is 0 Å². The standard InChI is InChI=1S/C16H22FN3O/c1-4-19-14(8-11(2)3)15(18)16(21)20(19)10-12-6-5-7-13(17)9-12/h5-7,9,11H,4,8,10,18H2,1-3H3. The van der Waals surface area contributed by atoms with Crippen LogP contribution in [0.3, 0.4) is 0 Å². The number of nitrogens with zero attached hydrogens (tertiary/aromatic N) is 2. The van der Waals surface area contributed by atoms with Crippen LogP contribution in [0.1, 0.15) is 32.0 Å². The highest BCUT2D eigenvalue weighted by molar-refractivity contribution is 5.42. The van der Waals surface area contributed by atoms with E-state index in [1.54, 1.807) is 16.8 Å². The minimum absolute atomic E-state index is 0.197. The molecule has 0 saturated heterocycles. The van der Waals surface area contributed by atoms with Gasteiger partial charge in [-0.1, -0.05) is 26.0 Å². The minimum Gasteiger partial charge on any atom is -0.393 e. The second-order valence-corrected chi connectivity index (χ2v) is 5.67. The molecule has 0 radical (unpaired) electrons. The maximum Gasteiger partial charge on any atom is 0.290 e. The van der Waals surface area contributed by atoms with Crippen molar-refractivity contribution in [3.63, 3.8) is 0 Å². The molecule has 1 aromatic heterocycles. The van der Waals surface area contributed by atoms with Gasteiger partial charge in [-0.2, -0.15) is 0 Å². The van der Waals surface area contributed by atoms with Crippen LogP contribution in [0.15, 0.2) is 29.1 Å². The number of benzene rings is 1. The quantitative estimate of drug-likeness (QED) is 0.920. The van der Waals surface area contributed by atoms with E-state index in [9.17, 15) is 9.18 Å². The number of anilines is 1. The lowest BCUT2D eigenvalue weighted by Crippen LogP contribution is -2.24. The molecule has 1 heterocycles. The highest BCUT2D eigenvalue weighted by atomic mass is 19.1. The Hall–Kier alpha value is -2.04. The monoisotopic (exact) mass is 291 g/mol. The van der Waals surface area contributed by atoms with Crippen molar-refractivity contribution in [3.8, 4) is 0 Å². The summed E-state index contributed by atoms with van der Waals surface area (Å²) in [6, 6.07) is 6.29. The summed E-state index contributed by atoms with van der Waals surface area (Å²) in [6.07, 6.45) is 0.755. The third-order valence-electron chi connectivity index (χ3n) is 3.50. The third kappa shape index (κ3) is 3.17. The molecule has 0 unspecified atom stereocenters. The predicted molar refractivity (Wildman–Crippen MR) is 82.8 cm³/mol. The second kappa shape index (κ2) is 6.16. The Morgan fingerprint density at radius 3 is 2.57 bits per heavy atom. The highest BCUT2D eigenvalue weighted by Gasteiger charge is 2.17. The highest BCUT2D eigenvalue weighted by Crippen LogP contribution is 2.15. The van der Waals surface area contributed by atoms with Gasteiger partial charge in [-0.15, -0.1) is 0 Å². The van der Waals surface area contributed by atoms with Crippen molar-refractivity contribution < 1.29 is 4.39 Å². The van der Waals surface area contributed by atoms with Crippen molar-refractivity contribution in [3.05, 3.63) is 51.7 Å². The van der Waals surface area contributed by atoms with Crippen LogP contribution in [0, 0.1) is 11.7 Å². The number of halogens is 1. The van der Waals surface area contributed by atoms with Crippen molar-refractivity contribution in [2.24, 2.45) is 5.92 Å². The molecule has 21 heavy (non-hydrogen) atoms. The fourth-order valence-corrected chi connectivity index (χ4v) is 2.59. The Morgan fingerprint density at radius 1 is 1.29 bits per heavy atom. The Kier molecular flexibility index (Phi) is 4.50. The number of nitrogen functional groups attached to an aromatic ring is 1. The maximum absolute atomic E-state index is 13.3. The molecule has 0 spiro atoms. The molecule has 0 aliphatic rings. The van der Waals surface area contributed by atoms with Crippen molar-refractivity contribution in [1.82, 2.24) is 9.36 Å². The van der Waals surface area contributed by atoms with E-state index in [0.717, 1.165) is 17.7 Å². The van der Waals surface area contributed by atoms with Crippen LogP contribution in [-0.2, 0) is 19.5 Å². The van der Waals surface area contributed by atoms with Crippen LogP contribution in [0.4, 0.5) is 10.1 Å². The molecule has 0 fully saturated rings. The van der Waals surface area contributed by atoms with E-state index >= 15 is 0 Å². The summed E-state index contributed by atoms with van der Waals surface area (Å²) in [7, 11) is 0. The van der Waals surface area contributed by atoms with Crippen molar-refractivity contribution in [2.75, 3.05) is 5.73 Å². The summed E-state index contributed by atoms with van der Waals surface area (Å²) in [5, 5.41) is 0. The molecule has 0 aliphatic heterocycles. The molecule has 114 valence electrons. The fraction of sp³-hybridized carbons (Fsp3) is 0.438. The number of hydrogen-bond acceptors (Lipinski definition) is 2. The molecule has 5 heteroatoms. The molecular formula is C16H22FN3O. The molecule has 1 aromatic carbocycles. The second-order valence-electron chi connectivity index (χ2n) is 5.67. The Balaban J connectivity index is 2.46. The summed E-state index contributed by atoms with van der Waals surface area (Å²) < 4.78 is 16.8. The van der Waals surface area contributed by atoms with Gasteiger partial charge in [0, 0.05) is 6.54 Å². The van der Waals surface area contributed by atoms with Gasteiger partial charge in [0.15, 0.2) is 0 Å². The van der Waals surface area contributed by atoms with Crippen LogP contribution in [0.25, 0.3) is 0 Å². The zero-order chi connectivity index (χ0) is 15.6. The summed E-state index contributed by atoms with van der Waals surface area (Å²) in [5.74, 6) is 0.111. The van der Waals surface area contributed by atoms with E-state index in [2.05, 4.69) is 13.8 Å². The van der Waals surface area contributed by atoms with Gasteiger partial charge in [0.2, 0.25) is 0 Å². The Morgan fingerprint density at radius 2 is 2.00 bits per heavy atom. The lowest BCUT2D eigenvalue weighted by Gasteiger charge is -2.14. The van der Waals surface area contributed by atoms with Crippen LogP contribution >= 0.6 is 0 Å². The topological polar surface area (TPSA) is 52.9 Å².